The van der Waals surface area contributed by atoms with Crippen LogP contribution in [0.5, 0.6) is 5.75 Å². The number of likely N-dealkylation sites (N-methyl/N-ethyl adjacent to an activating group) is 1. The smallest absolute Gasteiger partial charge is 0.277 e. The topological polar surface area (TPSA) is 76.6 Å². The lowest BCUT2D eigenvalue weighted by Gasteiger charge is -2.31. The molecule has 0 radical (unpaired) electrons. The van der Waals surface area contributed by atoms with Gasteiger partial charge in [0.15, 0.2) is 0 Å². The van der Waals surface area contributed by atoms with Crippen molar-refractivity contribution in [1.29, 1.82) is 0 Å². The zero-order chi connectivity index (χ0) is 22.0. The second-order valence-electron chi connectivity index (χ2n) is 8.80. The van der Waals surface area contributed by atoms with E-state index in [0.717, 1.165) is 36.7 Å². The standard InChI is InChI=1S/C22H33N4O3PS/c1-15(2)19-14-29-30(27,26(19)4)17(12-23-13-22-24-8-7-16(3)25-22)10-18-11-20-21(31-18)6-5-9-28-20/h7-8,11,15,17,19,23H,5-6,9-10,12-14H2,1-4H3. The van der Waals surface area contributed by atoms with Crippen molar-refractivity contribution in [1.82, 2.24) is 20.0 Å². The summed E-state index contributed by atoms with van der Waals surface area (Å²) < 4.78 is 28.0. The van der Waals surface area contributed by atoms with Crippen LogP contribution >= 0.6 is 18.9 Å². The number of thiophene rings is 1. The van der Waals surface area contributed by atoms with Crippen LogP contribution in [0.2, 0.25) is 0 Å². The second-order valence-corrected chi connectivity index (χ2v) is 12.8. The van der Waals surface area contributed by atoms with E-state index in [2.05, 4.69) is 35.2 Å². The summed E-state index contributed by atoms with van der Waals surface area (Å²) in [5, 5.41) is 3.45. The van der Waals surface area contributed by atoms with Crippen LogP contribution in [0.4, 0.5) is 0 Å². The largest absolute Gasteiger partial charge is 0.492 e. The Morgan fingerprint density at radius 3 is 2.97 bits per heavy atom. The Kier molecular flexibility index (Phi) is 7.14. The van der Waals surface area contributed by atoms with E-state index in [1.807, 2.05) is 24.7 Å². The third-order valence-corrected chi connectivity index (χ3v) is 10.3. The molecule has 0 aromatic carbocycles. The fraction of sp³-hybridized carbons (Fsp3) is 0.636. The maximum atomic E-state index is 14.1. The van der Waals surface area contributed by atoms with E-state index in [1.165, 1.54) is 9.75 Å². The van der Waals surface area contributed by atoms with Crippen LogP contribution in [0.25, 0.3) is 0 Å². The molecule has 0 bridgehead atoms. The first-order valence-corrected chi connectivity index (χ1v) is 13.5. The molecule has 9 heteroatoms. The highest BCUT2D eigenvalue weighted by Crippen LogP contribution is 2.61. The summed E-state index contributed by atoms with van der Waals surface area (Å²) >= 11 is 1.79. The highest BCUT2D eigenvalue weighted by atomic mass is 32.1. The van der Waals surface area contributed by atoms with Gasteiger partial charge in [-0.05, 0) is 51.3 Å². The summed E-state index contributed by atoms with van der Waals surface area (Å²) in [4.78, 5) is 11.3. The van der Waals surface area contributed by atoms with Gasteiger partial charge in [0.05, 0.1) is 25.4 Å². The Hall–Kier alpha value is -1.31. The molecule has 0 saturated carbocycles. The van der Waals surface area contributed by atoms with E-state index in [4.69, 9.17) is 9.26 Å². The van der Waals surface area contributed by atoms with Gasteiger partial charge in [0.1, 0.15) is 11.6 Å². The van der Waals surface area contributed by atoms with Crippen LogP contribution in [0.15, 0.2) is 18.3 Å². The van der Waals surface area contributed by atoms with E-state index >= 15 is 0 Å². The normalized spacial score (nSPS) is 24.9. The zero-order valence-electron chi connectivity index (χ0n) is 18.8. The quantitative estimate of drug-likeness (QED) is 0.591. The molecule has 0 amide bonds. The monoisotopic (exact) mass is 464 g/mol. The van der Waals surface area contributed by atoms with Gasteiger partial charge in [-0.25, -0.2) is 14.6 Å². The van der Waals surface area contributed by atoms with Gasteiger partial charge >= 0.3 is 0 Å². The van der Waals surface area contributed by atoms with Crippen LogP contribution < -0.4 is 10.1 Å². The first-order valence-electron chi connectivity index (χ1n) is 11.1. The average molecular weight is 465 g/mol. The molecule has 2 aliphatic rings. The Bertz CT molecular complexity index is 927. The number of aromatic nitrogens is 2. The van der Waals surface area contributed by atoms with Gasteiger partial charge < -0.3 is 14.6 Å². The SMILES string of the molecule is Cc1ccnc(CNCC(Cc2cc3c(s2)CCCO3)P2(=O)OCC(C(C)C)N2C)n1. The second kappa shape index (κ2) is 9.67. The van der Waals surface area contributed by atoms with Crippen molar-refractivity contribution < 1.29 is 13.8 Å². The number of rotatable bonds is 8. The summed E-state index contributed by atoms with van der Waals surface area (Å²) in [7, 11) is -1.03. The maximum Gasteiger partial charge on any atom is 0.277 e. The van der Waals surface area contributed by atoms with Gasteiger partial charge in [0.2, 0.25) is 0 Å². The molecule has 1 fully saturated rings. The molecular weight excluding hydrogens is 431 g/mol. The molecule has 3 atom stereocenters. The molecule has 2 aromatic heterocycles. The predicted molar refractivity (Wildman–Crippen MR) is 124 cm³/mol. The lowest BCUT2D eigenvalue weighted by Crippen LogP contribution is -2.35. The van der Waals surface area contributed by atoms with Crippen LogP contribution in [0, 0.1) is 12.8 Å². The Balaban J connectivity index is 1.51. The van der Waals surface area contributed by atoms with Crippen LogP contribution in [-0.4, -0.2) is 53.1 Å². The lowest BCUT2D eigenvalue weighted by molar-refractivity contribution is 0.273. The number of hydrogen-bond acceptors (Lipinski definition) is 7. The summed E-state index contributed by atoms with van der Waals surface area (Å²) in [6.45, 7) is 8.70. The van der Waals surface area contributed by atoms with E-state index in [0.29, 0.717) is 32.0 Å². The van der Waals surface area contributed by atoms with E-state index in [1.54, 1.807) is 17.5 Å². The van der Waals surface area contributed by atoms with Crippen molar-refractivity contribution in [2.75, 3.05) is 26.8 Å². The third-order valence-electron chi connectivity index (χ3n) is 6.15. The minimum Gasteiger partial charge on any atom is -0.492 e. The third kappa shape index (κ3) is 5.04. The summed E-state index contributed by atoms with van der Waals surface area (Å²) in [6, 6.07) is 4.20. The summed E-state index contributed by atoms with van der Waals surface area (Å²) in [5.41, 5.74) is 0.796. The highest BCUT2D eigenvalue weighted by Gasteiger charge is 2.48. The predicted octanol–water partition coefficient (Wildman–Crippen LogP) is 4.05. The molecule has 170 valence electrons. The van der Waals surface area contributed by atoms with Gasteiger partial charge in [-0.15, -0.1) is 11.3 Å². The molecule has 0 spiro atoms. The van der Waals surface area contributed by atoms with Crippen molar-refractivity contribution in [3.05, 3.63) is 39.6 Å². The molecule has 3 unspecified atom stereocenters. The number of aryl methyl sites for hydroxylation is 2. The molecule has 4 heterocycles. The van der Waals surface area contributed by atoms with Gasteiger partial charge in [-0.3, -0.25) is 4.57 Å². The molecule has 7 nitrogen and oxygen atoms in total. The van der Waals surface area contributed by atoms with Crippen molar-refractivity contribution in [3.63, 3.8) is 0 Å². The molecule has 0 aliphatic carbocycles. The van der Waals surface area contributed by atoms with Crippen LogP contribution in [-0.2, 0) is 28.5 Å². The molecular formula is C22H33N4O3PS. The minimum atomic E-state index is -2.99. The van der Waals surface area contributed by atoms with Crippen LogP contribution in [0.1, 0.15) is 41.5 Å². The molecule has 1 saturated heterocycles. The zero-order valence-corrected chi connectivity index (χ0v) is 20.5. The van der Waals surface area contributed by atoms with Gasteiger partial charge in [0, 0.05) is 34.2 Å². The molecule has 2 aromatic rings. The number of nitrogens with zero attached hydrogens (tertiary/aromatic N) is 3. The van der Waals surface area contributed by atoms with Gasteiger partial charge in [-0.1, -0.05) is 13.8 Å². The van der Waals surface area contributed by atoms with Crippen molar-refractivity contribution in [2.24, 2.45) is 5.92 Å². The summed E-state index contributed by atoms with van der Waals surface area (Å²) in [6.07, 6.45) is 4.61. The lowest BCUT2D eigenvalue weighted by atomic mass is 10.1. The number of fused-ring (bicyclic) bond motifs is 1. The maximum absolute atomic E-state index is 14.1. The number of ether oxygens (including phenoxy) is 1. The van der Waals surface area contributed by atoms with Crippen LogP contribution in [0.3, 0.4) is 0 Å². The number of hydrogen-bond donors (Lipinski definition) is 1. The number of nitrogens with one attached hydrogen (secondary N) is 1. The van der Waals surface area contributed by atoms with E-state index in [-0.39, 0.29) is 11.7 Å². The van der Waals surface area contributed by atoms with E-state index in [9.17, 15) is 4.57 Å². The average Bonchev–Trinajstić information content (AvgIpc) is 3.28. The first-order chi connectivity index (χ1) is 14.9. The minimum absolute atomic E-state index is 0.147. The Morgan fingerprint density at radius 1 is 1.42 bits per heavy atom. The summed E-state index contributed by atoms with van der Waals surface area (Å²) in [5.74, 6) is 2.14. The van der Waals surface area contributed by atoms with Gasteiger partial charge in [-0.2, -0.15) is 0 Å². The molecule has 4 rings (SSSR count). The molecule has 2 aliphatic heterocycles. The van der Waals surface area contributed by atoms with Gasteiger partial charge in [0.25, 0.3) is 7.52 Å². The Morgan fingerprint density at radius 2 is 2.26 bits per heavy atom. The fourth-order valence-electron chi connectivity index (χ4n) is 4.32. The first kappa shape index (κ1) is 22.9. The fourth-order valence-corrected chi connectivity index (χ4v) is 8.49. The molecule has 31 heavy (non-hydrogen) atoms. The highest BCUT2D eigenvalue weighted by molar-refractivity contribution is 7.57. The van der Waals surface area contributed by atoms with E-state index < -0.39 is 7.52 Å². The van der Waals surface area contributed by atoms with Crippen molar-refractivity contribution in [2.45, 2.75) is 58.3 Å². The van der Waals surface area contributed by atoms with Crippen molar-refractivity contribution >= 4 is 18.9 Å². The Labute approximate surface area is 189 Å². The van der Waals surface area contributed by atoms with Crippen molar-refractivity contribution in [3.8, 4) is 5.75 Å². The molecule has 1 N–H and O–H groups in total.